The van der Waals surface area contributed by atoms with Gasteiger partial charge in [0.25, 0.3) is 17.7 Å². The Morgan fingerprint density at radius 2 is 1.53 bits per heavy atom. The van der Waals surface area contributed by atoms with Crippen molar-refractivity contribution < 1.29 is 23.9 Å². The van der Waals surface area contributed by atoms with Crippen molar-refractivity contribution in [1.82, 2.24) is 16.2 Å². The van der Waals surface area contributed by atoms with E-state index in [0.29, 0.717) is 23.7 Å². The van der Waals surface area contributed by atoms with E-state index in [0.717, 1.165) is 11.1 Å². The molecule has 8 nitrogen and oxygen atoms in total. The molecular weight excluding hydrogens is 410 g/mol. The Kier molecular flexibility index (Phi) is 9.07. The number of hydrogen-bond acceptors (Lipinski definition) is 5. The van der Waals surface area contributed by atoms with Gasteiger partial charge in [-0.05, 0) is 74.2 Å². The van der Waals surface area contributed by atoms with Crippen molar-refractivity contribution in [2.45, 2.75) is 40.7 Å². The van der Waals surface area contributed by atoms with Crippen molar-refractivity contribution in [3.63, 3.8) is 0 Å². The van der Waals surface area contributed by atoms with Gasteiger partial charge < -0.3 is 14.8 Å². The first-order chi connectivity index (χ1) is 15.2. The molecule has 0 aromatic heterocycles. The highest BCUT2D eigenvalue weighted by Gasteiger charge is 2.25. The highest BCUT2D eigenvalue weighted by Crippen LogP contribution is 2.16. The zero-order valence-electron chi connectivity index (χ0n) is 19.2. The number of carbonyl (C=O) groups is 3. The van der Waals surface area contributed by atoms with Crippen LogP contribution < -0.4 is 25.6 Å². The molecular formula is C24H31N3O5. The maximum Gasteiger partial charge on any atom is 0.276 e. The Labute approximate surface area is 188 Å². The van der Waals surface area contributed by atoms with Gasteiger partial charge in [0.2, 0.25) is 0 Å². The minimum absolute atomic E-state index is 0.203. The SMILES string of the molecule is CCOc1ccc(C(=O)NC(C(=O)NNC(=O)COc2ccc(C)c(C)c2)C(C)C)cc1. The monoisotopic (exact) mass is 441 g/mol. The molecule has 1 unspecified atom stereocenters. The second-order valence-electron chi connectivity index (χ2n) is 7.72. The summed E-state index contributed by atoms with van der Waals surface area (Å²) in [6, 6.07) is 11.3. The fourth-order valence-electron chi connectivity index (χ4n) is 2.83. The predicted molar refractivity (Wildman–Crippen MR) is 121 cm³/mol. The molecule has 0 aliphatic carbocycles. The fraction of sp³-hybridized carbons (Fsp3) is 0.375. The van der Waals surface area contributed by atoms with Crippen LogP contribution >= 0.6 is 0 Å². The Balaban J connectivity index is 1.86. The van der Waals surface area contributed by atoms with E-state index in [9.17, 15) is 14.4 Å². The van der Waals surface area contributed by atoms with Gasteiger partial charge in [-0.1, -0.05) is 19.9 Å². The first-order valence-corrected chi connectivity index (χ1v) is 10.5. The average molecular weight is 442 g/mol. The molecule has 0 heterocycles. The quantitative estimate of drug-likeness (QED) is 0.519. The summed E-state index contributed by atoms with van der Waals surface area (Å²) >= 11 is 0. The molecule has 0 saturated carbocycles. The van der Waals surface area contributed by atoms with E-state index >= 15 is 0 Å². The van der Waals surface area contributed by atoms with Crippen LogP contribution in [-0.4, -0.2) is 37.0 Å². The number of benzene rings is 2. The van der Waals surface area contributed by atoms with Crippen molar-refractivity contribution >= 4 is 17.7 Å². The van der Waals surface area contributed by atoms with Gasteiger partial charge in [0.1, 0.15) is 17.5 Å². The van der Waals surface area contributed by atoms with E-state index in [1.165, 1.54) is 0 Å². The molecule has 3 N–H and O–H groups in total. The van der Waals surface area contributed by atoms with Crippen LogP contribution in [0, 0.1) is 19.8 Å². The summed E-state index contributed by atoms with van der Waals surface area (Å²) in [5.74, 6) is -0.419. The summed E-state index contributed by atoms with van der Waals surface area (Å²) in [7, 11) is 0. The minimum atomic E-state index is -0.838. The molecule has 32 heavy (non-hydrogen) atoms. The Hall–Kier alpha value is -3.55. The van der Waals surface area contributed by atoms with Crippen LogP contribution in [0.25, 0.3) is 0 Å². The molecule has 0 aliphatic heterocycles. The van der Waals surface area contributed by atoms with Crippen LogP contribution in [0.5, 0.6) is 11.5 Å². The summed E-state index contributed by atoms with van der Waals surface area (Å²) < 4.78 is 10.8. The molecule has 8 heteroatoms. The second-order valence-corrected chi connectivity index (χ2v) is 7.72. The molecule has 0 saturated heterocycles. The van der Waals surface area contributed by atoms with Gasteiger partial charge in [0, 0.05) is 5.56 Å². The van der Waals surface area contributed by atoms with Crippen molar-refractivity contribution in [2.75, 3.05) is 13.2 Å². The number of rotatable bonds is 9. The molecule has 172 valence electrons. The van der Waals surface area contributed by atoms with Crippen LogP contribution in [0.1, 0.15) is 42.3 Å². The zero-order valence-corrected chi connectivity index (χ0v) is 19.2. The van der Waals surface area contributed by atoms with Crippen molar-refractivity contribution in [1.29, 1.82) is 0 Å². The van der Waals surface area contributed by atoms with Gasteiger partial charge in [-0.3, -0.25) is 25.2 Å². The normalized spacial score (nSPS) is 11.4. The average Bonchev–Trinajstić information content (AvgIpc) is 2.77. The molecule has 0 bridgehead atoms. The van der Waals surface area contributed by atoms with E-state index in [4.69, 9.17) is 9.47 Å². The summed E-state index contributed by atoms with van der Waals surface area (Å²) in [5.41, 5.74) is 7.25. The maximum absolute atomic E-state index is 12.6. The smallest absolute Gasteiger partial charge is 0.276 e. The number of aryl methyl sites for hydroxylation is 2. The zero-order chi connectivity index (χ0) is 23.7. The lowest BCUT2D eigenvalue weighted by molar-refractivity contribution is -0.131. The largest absolute Gasteiger partial charge is 0.494 e. The number of nitrogens with one attached hydrogen (secondary N) is 3. The molecule has 0 aliphatic rings. The molecule has 0 fully saturated rings. The molecule has 1 atom stereocenters. The van der Waals surface area contributed by atoms with Crippen LogP contribution in [0.15, 0.2) is 42.5 Å². The van der Waals surface area contributed by atoms with E-state index in [-0.39, 0.29) is 12.5 Å². The van der Waals surface area contributed by atoms with E-state index in [2.05, 4.69) is 16.2 Å². The van der Waals surface area contributed by atoms with Crippen LogP contribution in [0.3, 0.4) is 0 Å². The molecule has 0 radical (unpaired) electrons. The van der Waals surface area contributed by atoms with Crippen LogP contribution in [-0.2, 0) is 9.59 Å². The number of carbonyl (C=O) groups excluding carboxylic acids is 3. The van der Waals surface area contributed by atoms with Crippen LogP contribution in [0.2, 0.25) is 0 Å². The second kappa shape index (κ2) is 11.7. The lowest BCUT2D eigenvalue weighted by Crippen LogP contribution is -2.55. The molecule has 3 amide bonds. The molecule has 2 aromatic rings. The van der Waals surface area contributed by atoms with Crippen molar-refractivity contribution in [2.24, 2.45) is 5.92 Å². The summed E-state index contributed by atoms with van der Waals surface area (Å²) in [4.78, 5) is 37.1. The van der Waals surface area contributed by atoms with Crippen LogP contribution in [0.4, 0.5) is 0 Å². The van der Waals surface area contributed by atoms with E-state index < -0.39 is 23.8 Å². The number of hydrazine groups is 1. The van der Waals surface area contributed by atoms with Gasteiger partial charge in [-0.25, -0.2) is 0 Å². The third kappa shape index (κ3) is 7.30. The van der Waals surface area contributed by atoms with Gasteiger partial charge in [0.15, 0.2) is 6.61 Å². The number of hydrogen-bond donors (Lipinski definition) is 3. The highest BCUT2D eigenvalue weighted by atomic mass is 16.5. The lowest BCUT2D eigenvalue weighted by atomic mass is 10.0. The van der Waals surface area contributed by atoms with Gasteiger partial charge in [-0.2, -0.15) is 0 Å². The third-order valence-electron chi connectivity index (χ3n) is 4.84. The topological polar surface area (TPSA) is 106 Å². The highest BCUT2D eigenvalue weighted by molar-refractivity contribution is 5.98. The summed E-state index contributed by atoms with van der Waals surface area (Å²) in [6.07, 6.45) is 0. The van der Waals surface area contributed by atoms with Crippen molar-refractivity contribution in [3.8, 4) is 11.5 Å². The van der Waals surface area contributed by atoms with Crippen molar-refractivity contribution in [3.05, 3.63) is 59.2 Å². The van der Waals surface area contributed by atoms with Gasteiger partial charge >= 0.3 is 0 Å². The minimum Gasteiger partial charge on any atom is -0.494 e. The standard InChI is InChI=1S/C24H31N3O5/c1-6-31-19-11-8-18(9-12-19)23(29)25-22(15(2)3)24(30)27-26-21(28)14-32-20-10-7-16(4)17(5)13-20/h7-13,15,22H,6,14H2,1-5H3,(H,25,29)(H,26,28)(H,27,30). The fourth-order valence-corrected chi connectivity index (χ4v) is 2.83. The third-order valence-corrected chi connectivity index (χ3v) is 4.84. The summed E-state index contributed by atoms with van der Waals surface area (Å²) in [5, 5.41) is 2.70. The summed E-state index contributed by atoms with van der Waals surface area (Å²) in [6.45, 7) is 9.69. The first-order valence-electron chi connectivity index (χ1n) is 10.5. The van der Waals surface area contributed by atoms with Gasteiger partial charge in [0.05, 0.1) is 6.61 Å². The van der Waals surface area contributed by atoms with E-state index in [1.807, 2.05) is 32.9 Å². The molecule has 2 aromatic carbocycles. The number of amides is 3. The molecule has 2 rings (SSSR count). The predicted octanol–water partition coefficient (Wildman–Crippen LogP) is 2.68. The Bertz CT molecular complexity index is 941. The van der Waals surface area contributed by atoms with E-state index in [1.54, 1.807) is 44.2 Å². The first kappa shape index (κ1) is 24.7. The maximum atomic E-state index is 12.6. The lowest BCUT2D eigenvalue weighted by Gasteiger charge is -2.22. The Morgan fingerprint density at radius 3 is 2.12 bits per heavy atom. The van der Waals surface area contributed by atoms with Gasteiger partial charge in [-0.15, -0.1) is 0 Å². The number of ether oxygens (including phenoxy) is 2. The molecule has 0 spiro atoms. The Morgan fingerprint density at radius 1 is 0.875 bits per heavy atom.